The van der Waals surface area contributed by atoms with Crippen LogP contribution >= 0.6 is 0 Å². The topological polar surface area (TPSA) is 40.6 Å². The Morgan fingerprint density at radius 2 is 1.81 bits per heavy atom. The summed E-state index contributed by atoms with van der Waals surface area (Å²) in [5.74, 6) is -0.331. The maximum atomic E-state index is 13.1. The molecule has 0 radical (unpaired) electrons. The first-order valence-electron chi connectivity index (χ1n) is 9.53. The number of piperidine rings is 1. The summed E-state index contributed by atoms with van der Waals surface area (Å²) in [5, 5.41) is 0. The number of halogens is 1. The quantitative estimate of drug-likeness (QED) is 0.837. The summed E-state index contributed by atoms with van der Waals surface area (Å²) in [6, 6.07) is 14.1. The molecule has 4 nitrogen and oxygen atoms in total. The van der Waals surface area contributed by atoms with Crippen molar-refractivity contribution in [2.24, 2.45) is 5.92 Å². The van der Waals surface area contributed by atoms with Crippen LogP contribution in [0.4, 0.5) is 10.1 Å². The van der Waals surface area contributed by atoms with E-state index < -0.39 is 0 Å². The molecule has 5 heteroatoms. The summed E-state index contributed by atoms with van der Waals surface area (Å²) >= 11 is 0. The maximum absolute atomic E-state index is 13.1. The van der Waals surface area contributed by atoms with Crippen LogP contribution < -0.4 is 4.90 Å². The lowest BCUT2D eigenvalue weighted by atomic mass is 9.95. The zero-order valence-corrected chi connectivity index (χ0v) is 15.2. The van der Waals surface area contributed by atoms with Crippen molar-refractivity contribution in [1.29, 1.82) is 0 Å². The number of rotatable bonds is 3. The smallest absolute Gasteiger partial charge is 0.231 e. The van der Waals surface area contributed by atoms with E-state index in [-0.39, 0.29) is 30.0 Å². The highest BCUT2D eigenvalue weighted by molar-refractivity contribution is 5.97. The predicted octanol–water partition coefficient (Wildman–Crippen LogP) is 3.20. The Labute approximate surface area is 158 Å². The van der Waals surface area contributed by atoms with Crippen LogP contribution in [-0.4, -0.2) is 36.3 Å². The Hall–Kier alpha value is -2.69. The first-order valence-corrected chi connectivity index (χ1v) is 9.53. The molecule has 0 aromatic heterocycles. The fourth-order valence-electron chi connectivity index (χ4n) is 4.08. The van der Waals surface area contributed by atoms with Crippen molar-refractivity contribution in [3.8, 4) is 0 Å². The molecular weight excluding hydrogens is 343 g/mol. The van der Waals surface area contributed by atoms with Gasteiger partial charge in [0.2, 0.25) is 11.8 Å². The van der Waals surface area contributed by atoms with Crippen molar-refractivity contribution >= 4 is 17.5 Å². The predicted molar refractivity (Wildman–Crippen MR) is 102 cm³/mol. The monoisotopic (exact) mass is 366 g/mol. The van der Waals surface area contributed by atoms with Gasteiger partial charge in [-0.1, -0.05) is 30.3 Å². The molecule has 1 fully saturated rings. The number of benzene rings is 2. The molecule has 2 aromatic carbocycles. The van der Waals surface area contributed by atoms with Crippen LogP contribution in [0.1, 0.15) is 24.0 Å². The fourth-order valence-corrected chi connectivity index (χ4v) is 4.08. The van der Waals surface area contributed by atoms with Crippen molar-refractivity contribution in [3.05, 3.63) is 65.5 Å². The van der Waals surface area contributed by atoms with Gasteiger partial charge in [-0.3, -0.25) is 9.59 Å². The van der Waals surface area contributed by atoms with E-state index in [1.807, 2.05) is 23.1 Å². The van der Waals surface area contributed by atoms with E-state index in [4.69, 9.17) is 0 Å². The first kappa shape index (κ1) is 17.7. The lowest BCUT2D eigenvalue weighted by Crippen LogP contribution is -2.47. The number of nitrogens with zero attached hydrogens (tertiary/aromatic N) is 2. The number of carbonyl (C=O) groups excluding carboxylic acids is 2. The third-order valence-corrected chi connectivity index (χ3v) is 5.55. The van der Waals surface area contributed by atoms with E-state index in [9.17, 15) is 14.0 Å². The van der Waals surface area contributed by atoms with Crippen LogP contribution in [0.3, 0.4) is 0 Å². The summed E-state index contributed by atoms with van der Waals surface area (Å²) in [6.45, 7) is 1.87. The van der Waals surface area contributed by atoms with Crippen LogP contribution in [0.2, 0.25) is 0 Å². The van der Waals surface area contributed by atoms with E-state index in [1.54, 1.807) is 17.0 Å². The Balaban J connectivity index is 1.41. The molecule has 27 heavy (non-hydrogen) atoms. The molecule has 0 aliphatic carbocycles. The van der Waals surface area contributed by atoms with Crippen molar-refractivity contribution in [3.63, 3.8) is 0 Å². The zero-order chi connectivity index (χ0) is 18.8. The highest BCUT2D eigenvalue weighted by Gasteiger charge is 2.34. The van der Waals surface area contributed by atoms with Crippen molar-refractivity contribution in [2.45, 2.75) is 25.7 Å². The third-order valence-electron chi connectivity index (χ3n) is 5.55. The van der Waals surface area contributed by atoms with E-state index in [2.05, 4.69) is 6.07 Å². The van der Waals surface area contributed by atoms with Gasteiger partial charge in [-0.2, -0.15) is 0 Å². The molecule has 0 spiro atoms. The van der Waals surface area contributed by atoms with Crippen LogP contribution in [0, 0.1) is 11.7 Å². The molecule has 0 bridgehead atoms. The molecule has 2 heterocycles. The molecule has 2 amide bonds. The van der Waals surface area contributed by atoms with Crippen LogP contribution in [0.15, 0.2) is 48.5 Å². The molecule has 0 saturated carbocycles. The van der Waals surface area contributed by atoms with Crippen molar-refractivity contribution in [1.82, 2.24) is 4.90 Å². The normalized spacial score (nSPS) is 19.1. The Bertz CT molecular complexity index is 850. The molecule has 1 saturated heterocycles. The third kappa shape index (κ3) is 3.72. The van der Waals surface area contributed by atoms with E-state index >= 15 is 0 Å². The SMILES string of the molecule is O=C(Cc1ccc(F)cc1)N1CCCC(C(=O)N2CCc3ccccc32)C1. The number of hydrogen-bond donors (Lipinski definition) is 0. The average molecular weight is 366 g/mol. The minimum Gasteiger partial charge on any atom is -0.342 e. The Morgan fingerprint density at radius 1 is 1.04 bits per heavy atom. The number of anilines is 1. The van der Waals surface area contributed by atoms with Crippen LogP contribution in [0.25, 0.3) is 0 Å². The molecule has 4 rings (SSSR count). The Kier molecular flexibility index (Phi) is 4.92. The van der Waals surface area contributed by atoms with Crippen LogP contribution in [-0.2, 0) is 22.4 Å². The van der Waals surface area contributed by atoms with Gasteiger partial charge in [0.25, 0.3) is 0 Å². The summed E-state index contributed by atoms with van der Waals surface area (Å²) < 4.78 is 13.0. The largest absolute Gasteiger partial charge is 0.342 e. The minimum atomic E-state index is -0.305. The van der Waals surface area contributed by atoms with Gasteiger partial charge < -0.3 is 9.80 Å². The molecule has 2 aliphatic heterocycles. The number of carbonyl (C=O) groups is 2. The molecule has 2 aromatic rings. The van der Waals surface area contributed by atoms with E-state index in [0.717, 1.165) is 37.1 Å². The van der Waals surface area contributed by atoms with E-state index in [1.165, 1.54) is 17.7 Å². The van der Waals surface area contributed by atoms with Crippen molar-refractivity contribution in [2.75, 3.05) is 24.5 Å². The number of amides is 2. The second kappa shape index (κ2) is 7.51. The highest BCUT2D eigenvalue weighted by Crippen LogP contribution is 2.30. The molecule has 1 unspecified atom stereocenters. The van der Waals surface area contributed by atoms with Gasteiger partial charge in [0.15, 0.2) is 0 Å². The van der Waals surface area contributed by atoms with Gasteiger partial charge in [0, 0.05) is 25.3 Å². The average Bonchev–Trinajstić information content (AvgIpc) is 3.13. The lowest BCUT2D eigenvalue weighted by molar-refractivity contribution is -0.134. The van der Waals surface area contributed by atoms with Gasteiger partial charge in [0.05, 0.1) is 12.3 Å². The minimum absolute atomic E-state index is 0.000861. The summed E-state index contributed by atoms with van der Waals surface area (Å²) in [4.78, 5) is 29.4. The van der Waals surface area contributed by atoms with Gasteiger partial charge >= 0.3 is 0 Å². The summed E-state index contributed by atoms with van der Waals surface area (Å²) in [5.41, 5.74) is 3.02. The molecule has 0 N–H and O–H groups in total. The second-order valence-electron chi connectivity index (χ2n) is 7.35. The van der Waals surface area contributed by atoms with E-state index in [0.29, 0.717) is 13.1 Å². The van der Waals surface area contributed by atoms with Gasteiger partial charge in [-0.25, -0.2) is 4.39 Å². The summed E-state index contributed by atoms with van der Waals surface area (Å²) in [7, 11) is 0. The maximum Gasteiger partial charge on any atom is 0.231 e. The molecule has 140 valence electrons. The number of likely N-dealkylation sites (tertiary alicyclic amines) is 1. The van der Waals surface area contributed by atoms with Crippen LogP contribution in [0.5, 0.6) is 0 Å². The fraction of sp³-hybridized carbons (Fsp3) is 0.364. The molecular formula is C22H23FN2O2. The highest BCUT2D eigenvalue weighted by atomic mass is 19.1. The summed E-state index contributed by atoms with van der Waals surface area (Å²) in [6.07, 6.45) is 2.79. The zero-order valence-electron chi connectivity index (χ0n) is 15.2. The molecule has 1 atom stereocenters. The lowest BCUT2D eigenvalue weighted by Gasteiger charge is -2.34. The van der Waals surface area contributed by atoms with Gasteiger partial charge in [-0.05, 0) is 48.6 Å². The van der Waals surface area contributed by atoms with Gasteiger partial charge in [0.1, 0.15) is 5.82 Å². The molecule has 2 aliphatic rings. The second-order valence-corrected chi connectivity index (χ2v) is 7.35. The van der Waals surface area contributed by atoms with Gasteiger partial charge in [-0.15, -0.1) is 0 Å². The van der Waals surface area contributed by atoms with Crippen molar-refractivity contribution < 1.29 is 14.0 Å². The number of para-hydroxylation sites is 1. The first-order chi connectivity index (χ1) is 13.1. The number of fused-ring (bicyclic) bond motifs is 1. The number of hydrogen-bond acceptors (Lipinski definition) is 2. The Morgan fingerprint density at radius 3 is 2.63 bits per heavy atom. The standard InChI is InChI=1S/C22H23FN2O2/c23-19-9-7-16(8-10-19)14-21(26)24-12-3-5-18(15-24)22(27)25-13-11-17-4-1-2-6-20(17)25/h1-2,4,6-10,18H,3,5,11-15H2.